The molecular formula is C23H19NO. The average molecular weight is 325 g/mol. The molecule has 2 heteroatoms. The summed E-state index contributed by atoms with van der Waals surface area (Å²) in [6.07, 6.45) is 0. The topological polar surface area (TPSA) is 25.0 Å². The van der Waals surface area contributed by atoms with Crippen molar-refractivity contribution < 1.29 is 4.74 Å². The Labute approximate surface area is 147 Å². The zero-order chi connectivity index (χ0) is 17.1. The maximum absolute atomic E-state index is 5.54. The number of H-pyrrole nitrogens is 1. The Morgan fingerprint density at radius 1 is 0.640 bits per heavy atom. The molecule has 0 amide bonds. The van der Waals surface area contributed by atoms with E-state index in [4.69, 9.17) is 4.74 Å². The number of benzene rings is 3. The predicted octanol–water partition coefficient (Wildman–Crippen LogP) is 6.02. The second kappa shape index (κ2) is 6.70. The average Bonchev–Trinajstić information content (AvgIpc) is 3.14. The minimum Gasteiger partial charge on any atom is -0.496 e. The lowest BCUT2D eigenvalue weighted by molar-refractivity contribution is 0.416. The molecule has 3 aromatic carbocycles. The summed E-state index contributed by atoms with van der Waals surface area (Å²) in [4.78, 5) is 3.61. The van der Waals surface area contributed by atoms with Crippen molar-refractivity contribution >= 4 is 0 Å². The number of ether oxygens (including phenoxy) is 1. The first-order chi connectivity index (χ1) is 12.4. The standard InChI is InChI=1S/C23H19NO/c1-25-22-15-9-8-14-19(22)21-16-20(17-10-4-2-5-11-17)23(24-21)18-12-6-3-7-13-18/h2-16,24H,1H3. The van der Waals surface area contributed by atoms with E-state index in [2.05, 4.69) is 65.6 Å². The highest BCUT2D eigenvalue weighted by Gasteiger charge is 2.15. The van der Waals surface area contributed by atoms with E-state index in [1.165, 1.54) is 16.7 Å². The van der Waals surface area contributed by atoms with Crippen LogP contribution in [-0.2, 0) is 0 Å². The van der Waals surface area contributed by atoms with Gasteiger partial charge in [-0.3, -0.25) is 0 Å². The van der Waals surface area contributed by atoms with Gasteiger partial charge in [0.2, 0.25) is 0 Å². The van der Waals surface area contributed by atoms with E-state index in [-0.39, 0.29) is 0 Å². The third-order valence-electron chi connectivity index (χ3n) is 4.36. The van der Waals surface area contributed by atoms with Crippen LogP contribution in [0.25, 0.3) is 33.6 Å². The van der Waals surface area contributed by atoms with Gasteiger partial charge in [-0.1, -0.05) is 72.8 Å². The van der Waals surface area contributed by atoms with Crippen LogP contribution in [0, 0.1) is 0 Å². The molecule has 0 bridgehead atoms. The number of nitrogens with one attached hydrogen (secondary N) is 1. The molecule has 2 nitrogen and oxygen atoms in total. The van der Waals surface area contributed by atoms with Gasteiger partial charge in [-0.25, -0.2) is 0 Å². The summed E-state index contributed by atoms with van der Waals surface area (Å²) in [5, 5.41) is 0. The van der Waals surface area contributed by atoms with Gasteiger partial charge in [-0.2, -0.15) is 0 Å². The van der Waals surface area contributed by atoms with Crippen LogP contribution < -0.4 is 4.74 Å². The van der Waals surface area contributed by atoms with Crippen molar-refractivity contribution in [2.75, 3.05) is 7.11 Å². The van der Waals surface area contributed by atoms with Gasteiger partial charge >= 0.3 is 0 Å². The molecule has 1 heterocycles. The smallest absolute Gasteiger partial charge is 0.128 e. The first-order valence-electron chi connectivity index (χ1n) is 8.34. The summed E-state index contributed by atoms with van der Waals surface area (Å²) < 4.78 is 5.54. The van der Waals surface area contributed by atoms with E-state index in [1.807, 2.05) is 30.3 Å². The van der Waals surface area contributed by atoms with Crippen molar-refractivity contribution in [2.24, 2.45) is 0 Å². The van der Waals surface area contributed by atoms with Crippen LogP contribution in [0.5, 0.6) is 5.75 Å². The molecule has 0 aliphatic carbocycles. The highest BCUT2D eigenvalue weighted by atomic mass is 16.5. The molecule has 0 unspecified atom stereocenters. The second-order valence-electron chi connectivity index (χ2n) is 5.90. The van der Waals surface area contributed by atoms with Gasteiger partial charge in [0.05, 0.1) is 18.5 Å². The third kappa shape index (κ3) is 2.94. The molecule has 4 aromatic rings. The van der Waals surface area contributed by atoms with Gasteiger partial charge in [0.1, 0.15) is 5.75 Å². The molecular weight excluding hydrogens is 306 g/mol. The fourth-order valence-corrected chi connectivity index (χ4v) is 3.14. The molecule has 25 heavy (non-hydrogen) atoms. The quantitative estimate of drug-likeness (QED) is 0.487. The summed E-state index contributed by atoms with van der Waals surface area (Å²) in [6.45, 7) is 0. The molecule has 0 atom stereocenters. The minimum atomic E-state index is 0.864. The lowest BCUT2D eigenvalue weighted by Crippen LogP contribution is -1.87. The molecule has 0 aliphatic rings. The summed E-state index contributed by atoms with van der Waals surface area (Å²) in [6, 6.07) is 31.2. The molecule has 0 saturated carbocycles. The normalized spacial score (nSPS) is 10.6. The van der Waals surface area contributed by atoms with Gasteiger partial charge in [0.25, 0.3) is 0 Å². The maximum Gasteiger partial charge on any atom is 0.128 e. The Balaban J connectivity index is 1.93. The van der Waals surface area contributed by atoms with Crippen molar-refractivity contribution in [3.8, 4) is 39.4 Å². The fraction of sp³-hybridized carbons (Fsp3) is 0.0435. The molecule has 0 aliphatic heterocycles. The Bertz CT molecular complexity index is 914. The summed E-state index contributed by atoms with van der Waals surface area (Å²) in [7, 11) is 1.71. The molecule has 0 spiro atoms. The fourth-order valence-electron chi connectivity index (χ4n) is 3.14. The molecule has 1 N–H and O–H groups in total. The molecule has 1 aromatic heterocycles. The summed E-state index contributed by atoms with van der Waals surface area (Å²) in [5.74, 6) is 0.864. The van der Waals surface area contributed by atoms with E-state index in [1.54, 1.807) is 7.11 Å². The lowest BCUT2D eigenvalue weighted by Gasteiger charge is -2.06. The minimum absolute atomic E-state index is 0.864. The Morgan fingerprint density at radius 3 is 1.92 bits per heavy atom. The van der Waals surface area contributed by atoms with E-state index >= 15 is 0 Å². The SMILES string of the molecule is COc1ccccc1-c1cc(-c2ccccc2)c(-c2ccccc2)[nH]1. The summed E-state index contributed by atoms with van der Waals surface area (Å²) >= 11 is 0. The highest BCUT2D eigenvalue weighted by Crippen LogP contribution is 2.38. The van der Waals surface area contributed by atoms with Crippen LogP contribution >= 0.6 is 0 Å². The van der Waals surface area contributed by atoms with E-state index in [9.17, 15) is 0 Å². The largest absolute Gasteiger partial charge is 0.496 e. The van der Waals surface area contributed by atoms with E-state index in [0.29, 0.717) is 0 Å². The van der Waals surface area contributed by atoms with Crippen molar-refractivity contribution in [3.63, 3.8) is 0 Å². The first kappa shape index (κ1) is 15.3. The van der Waals surface area contributed by atoms with E-state index < -0.39 is 0 Å². The first-order valence-corrected chi connectivity index (χ1v) is 8.34. The monoisotopic (exact) mass is 325 g/mol. The van der Waals surface area contributed by atoms with Gasteiger partial charge in [-0.15, -0.1) is 0 Å². The number of methoxy groups -OCH3 is 1. The van der Waals surface area contributed by atoms with Crippen molar-refractivity contribution in [1.29, 1.82) is 0 Å². The number of hydrogen-bond acceptors (Lipinski definition) is 1. The number of rotatable bonds is 4. The van der Waals surface area contributed by atoms with Crippen LogP contribution in [0.15, 0.2) is 91.0 Å². The zero-order valence-electron chi connectivity index (χ0n) is 14.1. The van der Waals surface area contributed by atoms with Gasteiger partial charge < -0.3 is 9.72 Å². The Morgan fingerprint density at radius 2 is 1.24 bits per heavy atom. The number of aromatic nitrogens is 1. The van der Waals surface area contributed by atoms with Gasteiger partial charge in [-0.05, 0) is 29.3 Å². The van der Waals surface area contributed by atoms with Crippen LogP contribution in [0.1, 0.15) is 0 Å². The van der Waals surface area contributed by atoms with E-state index in [0.717, 1.165) is 22.7 Å². The van der Waals surface area contributed by atoms with Crippen LogP contribution in [0.2, 0.25) is 0 Å². The predicted molar refractivity (Wildman–Crippen MR) is 104 cm³/mol. The van der Waals surface area contributed by atoms with Crippen molar-refractivity contribution in [3.05, 3.63) is 91.0 Å². The number of hydrogen-bond donors (Lipinski definition) is 1. The Kier molecular flexibility index (Phi) is 4.09. The third-order valence-corrected chi connectivity index (χ3v) is 4.36. The van der Waals surface area contributed by atoms with Gasteiger partial charge in [0, 0.05) is 11.1 Å². The summed E-state index contributed by atoms with van der Waals surface area (Å²) in [5.41, 5.74) is 6.78. The molecule has 0 fully saturated rings. The van der Waals surface area contributed by atoms with Crippen LogP contribution in [0.4, 0.5) is 0 Å². The number of para-hydroxylation sites is 1. The lowest BCUT2D eigenvalue weighted by atomic mass is 10.0. The highest BCUT2D eigenvalue weighted by molar-refractivity contribution is 5.86. The second-order valence-corrected chi connectivity index (χ2v) is 5.90. The maximum atomic E-state index is 5.54. The van der Waals surface area contributed by atoms with Crippen LogP contribution in [0.3, 0.4) is 0 Å². The Hall–Kier alpha value is -3.26. The molecule has 122 valence electrons. The van der Waals surface area contributed by atoms with Crippen molar-refractivity contribution in [2.45, 2.75) is 0 Å². The molecule has 0 saturated heterocycles. The van der Waals surface area contributed by atoms with Gasteiger partial charge in [0.15, 0.2) is 0 Å². The molecule has 0 radical (unpaired) electrons. The number of aromatic amines is 1. The van der Waals surface area contributed by atoms with Crippen LogP contribution in [-0.4, -0.2) is 12.1 Å². The zero-order valence-corrected chi connectivity index (χ0v) is 14.1. The molecule has 4 rings (SSSR count). The van der Waals surface area contributed by atoms with Crippen molar-refractivity contribution in [1.82, 2.24) is 4.98 Å².